The summed E-state index contributed by atoms with van der Waals surface area (Å²) in [5, 5.41) is 11.2. The molecule has 8 aromatic carbocycles. The largest absolute Gasteiger partial charge is 0.277 e. The van der Waals surface area contributed by atoms with E-state index in [1.54, 1.807) is 11.3 Å². The van der Waals surface area contributed by atoms with Crippen molar-refractivity contribution in [2.75, 3.05) is 0 Å². The molecule has 0 saturated heterocycles. The molecule has 4 aromatic heterocycles. The first-order valence-corrected chi connectivity index (χ1v) is 19.5. The normalized spacial score (nSPS) is 12.2. The molecule has 0 bridgehead atoms. The van der Waals surface area contributed by atoms with Crippen molar-refractivity contribution in [2.24, 2.45) is 0 Å². The zero-order chi connectivity index (χ0) is 34.6. The lowest BCUT2D eigenvalue weighted by Gasteiger charge is -2.12. The van der Waals surface area contributed by atoms with E-state index >= 15 is 0 Å². The number of para-hydroxylation sites is 1. The van der Waals surface area contributed by atoms with E-state index in [1.165, 1.54) is 68.3 Å². The van der Waals surface area contributed by atoms with Crippen molar-refractivity contribution in [2.45, 2.75) is 0 Å². The van der Waals surface area contributed by atoms with Gasteiger partial charge in [0, 0.05) is 57.4 Å². The molecule has 3 nitrogen and oxygen atoms in total. The van der Waals surface area contributed by atoms with Crippen LogP contribution in [-0.4, -0.2) is 14.5 Å². The first-order chi connectivity index (χ1) is 26.3. The minimum atomic E-state index is 0.685. The number of hydrogen-bond acceptors (Lipinski definition) is 4. The van der Waals surface area contributed by atoms with Gasteiger partial charge in [0.25, 0.3) is 0 Å². The molecule has 0 N–H and O–H groups in total. The lowest BCUT2D eigenvalue weighted by Crippen LogP contribution is -2.03. The average molecular weight is 710 g/mol. The van der Waals surface area contributed by atoms with Crippen molar-refractivity contribution in [3.05, 3.63) is 164 Å². The Morgan fingerprint density at radius 1 is 0.415 bits per heavy atom. The lowest BCUT2D eigenvalue weighted by molar-refractivity contribution is 1.02. The van der Waals surface area contributed by atoms with Crippen LogP contribution in [0.2, 0.25) is 0 Å². The highest BCUT2D eigenvalue weighted by molar-refractivity contribution is 7.27. The fourth-order valence-electron chi connectivity index (χ4n) is 8.39. The standard InChI is InChI=1S/C48H27N3S2/c1-2-12-31-27-32(26-23-28(31)11-1)29-21-24-30(25-22-29)43-47-44(37-17-7-10-20-40(37)53-47)50-48(49-43)51-38-18-8-5-15-35(38)41-42-36-16-6-9-19-39(36)52-46(42)34-14-4-3-13-33(34)45(41)51/h1-27H. The Bertz CT molecular complexity index is 3460. The van der Waals surface area contributed by atoms with Crippen LogP contribution in [0.1, 0.15) is 0 Å². The molecule has 5 heteroatoms. The fourth-order valence-corrected chi connectivity index (χ4v) is 10.8. The monoisotopic (exact) mass is 709 g/mol. The van der Waals surface area contributed by atoms with Crippen molar-refractivity contribution in [1.82, 2.24) is 14.5 Å². The van der Waals surface area contributed by atoms with Gasteiger partial charge in [-0.2, -0.15) is 0 Å². The van der Waals surface area contributed by atoms with Crippen molar-refractivity contribution in [3.63, 3.8) is 0 Å². The number of aromatic nitrogens is 3. The highest BCUT2D eigenvalue weighted by Crippen LogP contribution is 2.48. The molecule has 0 amide bonds. The molecule has 53 heavy (non-hydrogen) atoms. The van der Waals surface area contributed by atoms with Gasteiger partial charge in [0.15, 0.2) is 0 Å². The first kappa shape index (κ1) is 29.2. The molecule has 0 spiro atoms. The molecular formula is C48H27N3S2. The summed E-state index contributed by atoms with van der Waals surface area (Å²) in [4.78, 5) is 11.0. The van der Waals surface area contributed by atoms with Crippen LogP contribution in [0, 0.1) is 0 Å². The van der Waals surface area contributed by atoms with Gasteiger partial charge in [0.2, 0.25) is 5.95 Å². The van der Waals surface area contributed by atoms with E-state index in [-0.39, 0.29) is 0 Å². The molecule has 0 radical (unpaired) electrons. The van der Waals surface area contributed by atoms with Gasteiger partial charge in [-0.1, -0.05) is 140 Å². The van der Waals surface area contributed by atoms with Crippen LogP contribution >= 0.6 is 22.7 Å². The molecule has 0 aliphatic carbocycles. The van der Waals surface area contributed by atoms with Crippen LogP contribution in [0.4, 0.5) is 0 Å². The number of nitrogens with zero attached hydrogens (tertiary/aromatic N) is 3. The molecule has 4 heterocycles. The quantitative estimate of drug-likeness (QED) is 0.183. The minimum Gasteiger partial charge on any atom is -0.277 e. The summed E-state index contributed by atoms with van der Waals surface area (Å²) in [7, 11) is 0. The third-order valence-electron chi connectivity index (χ3n) is 10.8. The highest BCUT2D eigenvalue weighted by atomic mass is 32.1. The highest BCUT2D eigenvalue weighted by Gasteiger charge is 2.24. The molecule has 12 aromatic rings. The molecule has 246 valence electrons. The number of thiophene rings is 2. The summed E-state index contributed by atoms with van der Waals surface area (Å²) in [6, 6.07) is 59.2. The van der Waals surface area contributed by atoms with E-state index in [9.17, 15) is 0 Å². The topological polar surface area (TPSA) is 30.7 Å². The molecule has 0 aliphatic rings. The Morgan fingerprint density at radius 3 is 1.85 bits per heavy atom. The second-order valence-corrected chi connectivity index (χ2v) is 15.8. The predicted molar refractivity (Wildman–Crippen MR) is 228 cm³/mol. The number of rotatable bonds is 3. The molecule has 0 unspecified atom stereocenters. The number of fused-ring (bicyclic) bond motifs is 14. The number of hydrogen-bond donors (Lipinski definition) is 0. The van der Waals surface area contributed by atoms with Crippen LogP contribution in [0.15, 0.2) is 164 Å². The summed E-state index contributed by atoms with van der Waals surface area (Å²) in [6.07, 6.45) is 0. The molecule has 12 rings (SSSR count). The van der Waals surface area contributed by atoms with Gasteiger partial charge in [-0.15, -0.1) is 22.7 Å². The molecular weight excluding hydrogens is 683 g/mol. The number of benzene rings is 8. The SMILES string of the molecule is c1ccc2cc(-c3ccc(-c4nc(-n5c6ccccc6c6c7c8ccccc8sc7c7ccccc7c65)nc5c4sc4ccccc45)cc3)ccc2c1. The van der Waals surface area contributed by atoms with Gasteiger partial charge in [0.1, 0.15) is 0 Å². The van der Waals surface area contributed by atoms with Gasteiger partial charge in [0.05, 0.1) is 26.9 Å². The molecule has 0 fully saturated rings. The summed E-state index contributed by atoms with van der Waals surface area (Å²) in [6.45, 7) is 0. The summed E-state index contributed by atoms with van der Waals surface area (Å²) >= 11 is 3.66. The van der Waals surface area contributed by atoms with E-state index in [4.69, 9.17) is 9.97 Å². The first-order valence-electron chi connectivity index (χ1n) is 17.8. The predicted octanol–water partition coefficient (Wildman–Crippen LogP) is 13.9. The summed E-state index contributed by atoms with van der Waals surface area (Å²) < 4.78 is 7.27. The maximum atomic E-state index is 5.55. The lowest BCUT2D eigenvalue weighted by atomic mass is 9.99. The van der Waals surface area contributed by atoms with Crippen molar-refractivity contribution < 1.29 is 0 Å². The molecule has 0 aliphatic heterocycles. The Kier molecular flexibility index (Phi) is 6.09. The van der Waals surface area contributed by atoms with Gasteiger partial charge in [-0.3, -0.25) is 4.57 Å². The van der Waals surface area contributed by atoms with Crippen LogP contribution in [0.5, 0.6) is 0 Å². The van der Waals surface area contributed by atoms with E-state index in [1.807, 2.05) is 11.3 Å². The second-order valence-electron chi connectivity index (χ2n) is 13.7. The Hall–Kier alpha value is -6.40. The van der Waals surface area contributed by atoms with E-state index in [0.717, 1.165) is 37.9 Å². The van der Waals surface area contributed by atoms with Crippen molar-refractivity contribution >= 4 is 106 Å². The van der Waals surface area contributed by atoms with Crippen LogP contribution < -0.4 is 0 Å². The third kappa shape index (κ3) is 4.20. The van der Waals surface area contributed by atoms with E-state index < -0.39 is 0 Å². The molecule has 0 saturated carbocycles. The van der Waals surface area contributed by atoms with Gasteiger partial charge in [-0.05, 0) is 46.2 Å². The van der Waals surface area contributed by atoms with Crippen molar-refractivity contribution in [3.8, 4) is 28.3 Å². The smallest absolute Gasteiger partial charge is 0.235 e. The summed E-state index contributed by atoms with van der Waals surface area (Å²) in [5.41, 5.74) is 7.65. The van der Waals surface area contributed by atoms with E-state index in [2.05, 4.69) is 168 Å². The summed E-state index contributed by atoms with van der Waals surface area (Å²) in [5.74, 6) is 0.685. The average Bonchev–Trinajstić information content (AvgIpc) is 3.91. The Morgan fingerprint density at radius 2 is 1.02 bits per heavy atom. The zero-order valence-corrected chi connectivity index (χ0v) is 29.9. The van der Waals surface area contributed by atoms with Crippen LogP contribution in [0.25, 0.3) is 112 Å². The third-order valence-corrected chi connectivity index (χ3v) is 13.2. The van der Waals surface area contributed by atoms with Crippen LogP contribution in [0.3, 0.4) is 0 Å². The Labute approximate surface area is 311 Å². The van der Waals surface area contributed by atoms with Crippen LogP contribution in [-0.2, 0) is 0 Å². The Balaban J connectivity index is 1.17. The maximum absolute atomic E-state index is 5.55. The molecule has 0 atom stereocenters. The van der Waals surface area contributed by atoms with Crippen molar-refractivity contribution in [1.29, 1.82) is 0 Å². The van der Waals surface area contributed by atoms with Gasteiger partial charge >= 0.3 is 0 Å². The van der Waals surface area contributed by atoms with Gasteiger partial charge in [-0.25, -0.2) is 9.97 Å². The zero-order valence-electron chi connectivity index (χ0n) is 28.2. The fraction of sp³-hybridized carbons (Fsp3) is 0. The maximum Gasteiger partial charge on any atom is 0.235 e. The minimum absolute atomic E-state index is 0.685. The van der Waals surface area contributed by atoms with E-state index in [0.29, 0.717) is 5.95 Å². The second kappa shape index (κ2) is 11.1. The van der Waals surface area contributed by atoms with Gasteiger partial charge < -0.3 is 0 Å².